The van der Waals surface area contributed by atoms with Crippen LogP contribution in [0.5, 0.6) is 0 Å². The normalized spacial score (nSPS) is 19.9. The molecule has 1 saturated heterocycles. The number of rotatable bonds is 4. The van der Waals surface area contributed by atoms with E-state index in [2.05, 4.69) is 17.1 Å². The van der Waals surface area contributed by atoms with Gasteiger partial charge in [0.05, 0.1) is 6.54 Å². The molecule has 1 N–H and O–H groups in total. The minimum Gasteiger partial charge on any atom is -0.351 e. The summed E-state index contributed by atoms with van der Waals surface area (Å²) in [5, 5.41) is 2.87. The van der Waals surface area contributed by atoms with Gasteiger partial charge in [0.15, 0.2) is 0 Å². The highest BCUT2D eigenvalue weighted by Crippen LogP contribution is 2.15. The number of hydrogen-bond donors (Lipinski definition) is 1. The molecule has 1 amide bonds. The second-order valence-corrected chi connectivity index (χ2v) is 5.68. The molecule has 1 fully saturated rings. The summed E-state index contributed by atoms with van der Waals surface area (Å²) < 4.78 is 13.4. The van der Waals surface area contributed by atoms with Gasteiger partial charge in [0.25, 0.3) is 0 Å². The number of likely N-dealkylation sites (tertiary alicyclic amines) is 1. The van der Waals surface area contributed by atoms with Gasteiger partial charge in [-0.05, 0) is 50.4 Å². The van der Waals surface area contributed by atoms with E-state index in [0.29, 0.717) is 24.7 Å². The lowest BCUT2D eigenvalue weighted by Crippen LogP contribution is -2.44. The molecule has 20 heavy (non-hydrogen) atoms. The van der Waals surface area contributed by atoms with E-state index in [4.69, 9.17) is 0 Å². The van der Waals surface area contributed by atoms with E-state index in [0.717, 1.165) is 18.5 Å². The van der Waals surface area contributed by atoms with Crippen molar-refractivity contribution >= 4 is 5.91 Å². The van der Waals surface area contributed by atoms with Gasteiger partial charge in [0.1, 0.15) is 5.82 Å². The fraction of sp³-hybridized carbons (Fsp3) is 0.562. The lowest BCUT2D eigenvalue weighted by atomic mass is 10.0. The van der Waals surface area contributed by atoms with Gasteiger partial charge in [0.2, 0.25) is 5.91 Å². The maximum Gasteiger partial charge on any atom is 0.234 e. The van der Waals surface area contributed by atoms with E-state index in [1.807, 2.05) is 6.07 Å². The van der Waals surface area contributed by atoms with E-state index in [-0.39, 0.29) is 11.7 Å². The van der Waals surface area contributed by atoms with Crippen LogP contribution in [0.2, 0.25) is 0 Å². The maximum atomic E-state index is 13.4. The van der Waals surface area contributed by atoms with Gasteiger partial charge >= 0.3 is 0 Å². The minimum absolute atomic E-state index is 0.0136. The van der Waals surface area contributed by atoms with Crippen molar-refractivity contribution in [2.75, 3.05) is 13.1 Å². The van der Waals surface area contributed by atoms with Gasteiger partial charge in [-0.2, -0.15) is 0 Å². The minimum atomic E-state index is -0.221. The Morgan fingerprint density at radius 1 is 1.45 bits per heavy atom. The van der Waals surface area contributed by atoms with Crippen molar-refractivity contribution in [1.82, 2.24) is 10.2 Å². The molecule has 1 heterocycles. The zero-order valence-corrected chi connectivity index (χ0v) is 12.3. The average Bonchev–Trinajstić information content (AvgIpc) is 2.43. The summed E-state index contributed by atoms with van der Waals surface area (Å²) in [5.41, 5.74) is 1.43. The Morgan fingerprint density at radius 2 is 2.25 bits per heavy atom. The number of benzene rings is 1. The Hall–Kier alpha value is -1.42. The smallest absolute Gasteiger partial charge is 0.234 e. The summed E-state index contributed by atoms with van der Waals surface area (Å²) in [7, 11) is 0. The molecule has 0 radical (unpaired) electrons. The highest BCUT2D eigenvalue weighted by molar-refractivity contribution is 5.78. The van der Waals surface area contributed by atoms with Crippen LogP contribution in [0.1, 0.15) is 37.3 Å². The maximum absolute atomic E-state index is 13.4. The Kier molecular flexibility index (Phi) is 5.12. The van der Waals surface area contributed by atoms with Gasteiger partial charge in [-0.1, -0.05) is 18.6 Å². The van der Waals surface area contributed by atoms with E-state index >= 15 is 0 Å². The Labute approximate surface area is 120 Å². The number of carbonyl (C=O) groups is 1. The highest BCUT2D eigenvalue weighted by Gasteiger charge is 2.20. The topological polar surface area (TPSA) is 32.3 Å². The van der Waals surface area contributed by atoms with Crippen molar-refractivity contribution in [1.29, 1.82) is 0 Å². The van der Waals surface area contributed by atoms with Crippen LogP contribution in [0, 0.1) is 12.7 Å². The molecule has 4 heteroatoms. The van der Waals surface area contributed by atoms with Gasteiger partial charge in [-0.25, -0.2) is 4.39 Å². The molecular weight excluding hydrogens is 255 g/mol. The van der Waals surface area contributed by atoms with Gasteiger partial charge in [-0.3, -0.25) is 9.69 Å². The standard InChI is InChI=1S/C16H23FN2O/c1-12-6-7-14(9-15(12)17)10-18-16(20)11-19-8-4-3-5-13(19)2/h6-7,9,13H,3-5,8,10-11H2,1-2H3,(H,18,20). The molecule has 0 saturated carbocycles. The van der Waals surface area contributed by atoms with Crippen molar-refractivity contribution in [3.05, 3.63) is 35.1 Å². The van der Waals surface area contributed by atoms with Crippen LogP contribution in [0.3, 0.4) is 0 Å². The zero-order chi connectivity index (χ0) is 14.5. The predicted molar refractivity (Wildman–Crippen MR) is 77.9 cm³/mol. The third-order valence-electron chi connectivity index (χ3n) is 4.01. The molecule has 2 rings (SSSR count). The summed E-state index contributed by atoms with van der Waals surface area (Å²) >= 11 is 0. The first kappa shape index (κ1) is 15.0. The molecular formula is C16H23FN2O. The predicted octanol–water partition coefficient (Wildman–Crippen LogP) is 2.62. The first-order chi connectivity index (χ1) is 9.56. The molecule has 110 valence electrons. The van der Waals surface area contributed by atoms with Gasteiger partial charge < -0.3 is 5.32 Å². The number of carbonyl (C=O) groups excluding carboxylic acids is 1. The third-order valence-corrected chi connectivity index (χ3v) is 4.01. The quantitative estimate of drug-likeness (QED) is 0.918. The fourth-order valence-electron chi connectivity index (χ4n) is 2.58. The first-order valence-corrected chi connectivity index (χ1v) is 7.32. The molecule has 1 unspecified atom stereocenters. The molecule has 3 nitrogen and oxygen atoms in total. The molecule has 0 spiro atoms. The van der Waals surface area contributed by atoms with Crippen molar-refractivity contribution < 1.29 is 9.18 Å². The van der Waals surface area contributed by atoms with Crippen molar-refractivity contribution in [3.8, 4) is 0 Å². The second kappa shape index (κ2) is 6.84. The number of piperidine rings is 1. The number of hydrogen-bond acceptors (Lipinski definition) is 2. The highest BCUT2D eigenvalue weighted by atomic mass is 19.1. The summed E-state index contributed by atoms with van der Waals surface area (Å²) in [6, 6.07) is 5.55. The van der Waals surface area contributed by atoms with Crippen LogP contribution in [-0.4, -0.2) is 29.9 Å². The summed E-state index contributed by atoms with van der Waals surface area (Å²) in [5.74, 6) is -0.207. The molecule has 1 aliphatic rings. The number of nitrogens with zero attached hydrogens (tertiary/aromatic N) is 1. The molecule has 0 aliphatic carbocycles. The number of nitrogens with one attached hydrogen (secondary N) is 1. The van der Waals surface area contributed by atoms with Crippen LogP contribution >= 0.6 is 0 Å². The van der Waals surface area contributed by atoms with Gasteiger partial charge in [0, 0.05) is 12.6 Å². The molecule has 1 aromatic carbocycles. The van der Waals surface area contributed by atoms with Crippen LogP contribution in [0.4, 0.5) is 4.39 Å². The van der Waals surface area contributed by atoms with Crippen molar-refractivity contribution in [2.45, 2.75) is 45.7 Å². The SMILES string of the molecule is Cc1ccc(CNC(=O)CN2CCCCC2C)cc1F. The van der Waals surface area contributed by atoms with Crippen LogP contribution < -0.4 is 5.32 Å². The van der Waals surface area contributed by atoms with Crippen LogP contribution in [-0.2, 0) is 11.3 Å². The molecule has 0 aromatic heterocycles. The number of amides is 1. The van der Waals surface area contributed by atoms with Crippen molar-refractivity contribution in [2.24, 2.45) is 0 Å². The Balaban J connectivity index is 1.81. The summed E-state index contributed by atoms with van der Waals surface area (Å²) in [6.07, 6.45) is 3.58. The van der Waals surface area contributed by atoms with E-state index < -0.39 is 0 Å². The molecule has 1 aliphatic heterocycles. The van der Waals surface area contributed by atoms with E-state index in [1.54, 1.807) is 13.0 Å². The first-order valence-electron chi connectivity index (χ1n) is 7.32. The second-order valence-electron chi connectivity index (χ2n) is 5.68. The van der Waals surface area contributed by atoms with Crippen LogP contribution in [0.15, 0.2) is 18.2 Å². The largest absolute Gasteiger partial charge is 0.351 e. The van der Waals surface area contributed by atoms with Crippen molar-refractivity contribution in [3.63, 3.8) is 0 Å². The Bertz CT molecular complexity index is 476. The van der Waals surface area contributed by atoms with E-state index in [9.17, 15) is 9.18 Å². The third kappa shape index (κ3) is 4.04. The monoisotopic (exact) mass is 278 g/mol. The van der Waals surface area contributed by atoms with E-state index in [1.165, 1.54) is 18.9 Å². The molecule has 1 atom stereocenters. The lowest BCUT2D eigenvalue weighted by molar-refractivity contribution is -0.123. The fourth-order valence-corrected chi connectivity index (χ4v) is 2.58. The zero-order valence-electron chi connectivity index (χ0n) is 12.3. The Morgan fingerprint density at radius 3 is 2.95 bits per heavy atom. The summed E-state index contributed by atoms with van der Waals surface area (Å²) in [6.45, 7) is 5.72. The number of halogens is 1. The average molecular weight is 278 g/mol. The molecule has 0 bridgehead atoms. The number of aryl methyl sites for hydroxylation is 1. The summed E-state index contributed by atoms with van der Waals surface area (Å²) in [4.78, 5) is 14.2. The molecule has 1 aromatic rings. The van der Waals surface area contributed by atoms with Gasteiger partial charge in [-0.15, -0.1) is 0 Å². The lowest BCUT2D eigenvalue weighted by Gasteiger charge is -2.32. The van der Waals surface area contributed by atoms with Crippen LogP contribution in [0.25, 0.3) is 0 Å².